The molecule has 1 saturated heterocycles. The molecule has 1 fully saturated rings. The number of hydrogen-bond acceptors (Lipinski definition) is 2. The number of alkyl halides is 1. The Morgan fingerprint density at radius 3 is 2.29 bits per heavy atom. The lowest BCUT2D eigenvalue weighted by molar-refractivity contribution is -0.121. The van der Waals surface area contributed by atoms with E-state index in [1.165, 1.54) is 13.8 Å². The second kappa shape index (κ2) is 8.62. The van der Waals surface area contributed by atoms with E-state index >= 15 is 0 Å². The van der Waals surface area contributed by atoms with Crippen LogP contribution in [-0.4, -0.2) is 23.6 Å². The first-order chi connectivity index (χ1) is 9.14. The molecule has 0 radical (unpaired) electrons. The summed E-state index contributed by atoms with van der Waals surface area (Å²) < 4.78 is 13.7. The molecule has 0 aromatic rings. The maximum Gasteiger partial charge on any atom is 0.229 e. The molecule has 2 atom stereocenters. The molecule has 4 nitrogen and oxygen atoms in total. The standard InChI is InChI=1S/C14H21FN2O.C2H6.H2O/c1-8(6-9(2)14(4,5)15)11-7-17-13(18)12(11)10(3)16;1-2;/h6,11-12H,1,3,7,16H2,2,4-5H3,(H,17,18);1-2H3;1H2/b9-6+;;/t11-,12-;;/m1../s1. The van der Waals surface area contributed by atoms with Crippen LogP contribution in [0.1, 0.15) is 34.6 Å². The highest BCUT2D eigenvalue weighted by molar-refractivity contribution is 5.84. The molecule has 21 heavy (non-hydrogen) atoms. The molecule has 0 aromatic heterocycles. The van der Waals surface area contributed by atoms with Crippen LogP contribution in [0, 0.1) is 11.8 Å². The molecule has 0 aromatic carbocycles. The van der Waals surface area contributed by atoms with Crippen LogP contribution in [0.2, 0.25) is 0 Å². The van der Waals surface area contributed by atoms with E-state index in [0.29, 0.717) is 23.4 Å². The number of carbonyl (C=O) groups is 1. The molecule has 0 aliphatic carbocycles. The minimum absolute atomic E-state index is 0. The number of carbonyl (C=O) groups excluding carboxylic acids is 1. The summed E-state index contributed by atoms with van der Waals surface area (Å²) in [4.78, 5) is 11.6. The molecule has 5 heteroatoms. The van der Waals surface area contributed by atoms with Crippen molar-refractivity contribution in [2.75, 3.05) is 6.54 Å². The van der Waals surface area contributed by atoms with Gasteiger partial charge in [-0.2, -0.15) is 0 Å². The highest BCUT2D eigenvalue weighted by Gasteiger charge is 2.37. The third kappa shape index (κ3) is 5.71. The normalized spacial score (nSPS) is 21.6. The molecule has 5 N–H and O–H groups in total. The third-order valence-electron chi connectivity index (χ3n) is 3.40. The van der Waals surface area contributed by atoms with Crippen molar-refractivity contribution in [3.63, 3.8) is 0 Å². The van der Waals surface area contributed by atoms with Gasteiger partial charge in [-0.3, -0.25) is 4.79 Å². The monoisotopic (exact) mass is 300 g/mol. The first-order valence-corrected chi connectivity index (χ1v) is 6.93. The fourth-order valence-corrected chi connectivity index (χ4v) is 1.95. The van der Waals surface area contributed by atoms with Gasteiger partial charge in [-0.25, -0.2) is 4.39 Å². The lowest BCUT2D eigenvalue weighted by atomic mass is 9.85. The molecule has 1 rings (SSSR count). The number of allylic oxidation sites excluding steroid dienone is 2. The second-order valence-electron chi connectivity index (χ2n) is 5.28. The highest BCUT2D eigenvalue weighted by atomic mass is 19.1. The Bertz CT molecular complexity index is 422. The summed E-state index contributed by atoms with van der Waals surface area (Å²) in [5, 5.41) is 2.73. The average Bonchev–Trinajstić information content (AvgIpc) is 2.72. The van der Waals surface area contributed by atoms with Crippen LogP contribution in [0.15, 0.2) is 36.1 Å². The van der Waals surface area contributed by atoms with Crippen molar-refractivity contribution >= 4 is 5.91 Å². The van der Waals surface area contributed by atoms with Gasteiger partial charge in [0.2, 0.25) is 5.91 Å². The van der Waals surface area contributed by atoms with Gasteiger partial charge in [-0.15, -0.1) is 0 Å². The Balaban J connectivity index is 0. The lowest BCUT2D eigenvalue weighted by Crippen LogP contribution is -2.25. The van der Waals surface area contributed by atoms with Gasteiger partial charge in [0.1, 0.15) is 5.67 Å². The minimum Gasteiger partial charge on any atom is -0.412 e. The Hall–Kier alpha value is -1.62. The van der Waals surface area contributed by atoms with Gasteiger partial charge in [0.15, 0.2) is 0 Å². The molecule has 1 aliphatic rings. The summed E-state index contributed by atoms with van der Waals surface area (Å²) >= 11 is 0. The fourth-order valence-electron chi connectivity index (χ4n) is 1.95. The van der Waals surface area contributed by atoms with E-state index in [2.05, 4.69) is 18.5 Å². The first-order valence-electron chi connectivity index (χ1n) is 6.93. The van der Waals surface area contributed by atoms with E-state index in [1.54, 1.807) is 13.0 Å². The topological polar surface area (TPSA) is 86.6 Å². The fraction of sp³-hybridized carbons (Fsp3) is 0.562. The average molecular weight is 300 g/mol. The molecule has 0 saturated carbocycles. The van der Waals surface area contributed by atoms with E-state index in [4.69, 9.17) is 5.73 Å². The van der Waals surface area contributed by atoms with Gasteiger partial charge < -0.3 is 16.5 Å². The Morgan fingerprint density at radius 2 is 1.90 bits per heavy atom. The second-order valence-corrected chi connectivity index (χ2v) is 5.28. The van der Waals surface area contributed by atoms with Gasteiger partial charge in [0, 0.05) is 18.2 Å². The zero-order valence-electron chi connectivity index (χ0n) is 13.7. The van der Waals surface area contributed by atoms with E-state index < -0.39 is 11.6 Å². The highest BCUT2D eigenvalue weighted by Crippen LogP contribution is 2.31. The molecular formula is C16H29FN2O2. The molecular weight excluding hydrogens is 271 g/mol. The van der Waals surface area contributed by atoms with Gasteiger partial charge in [-0.05, 0) is 31.9 Å². The third-order valence-corrected chi connectivity index (χ3v) is 3.40. The first kappa shape index (κ1) is 21.7. The summed E-state index contributed by atoms with van der Waals surface area (Å²) in [7, 11) is 0. The molecule has 0 spiro atoms. The number of rotatable bonds is 4. The molecule has 1 heterocycles. The number of amides is 1. The van der Waals surface area contributed by atoms with Gasteiger partial charge >= 0.3 is 0 Å². The van der Waals surface area contributed by atoms with Gasteiger partial charge in [0.05, 0.1) is 5.92 Å². The SMILES string of the molecule is C=C(N)[C@H]1C(=O)NC[C@@H]1C(=C)/C=C(\C)C(C)(C)F.CC.O. The van der Waals surface area contributed by atoms with E-state index in [-0.39, 0.29) is 17.3 Å². The molecule has 1 amide bonds. The summed E-state index contributed by atoms with van der Waals surface area (Å²) in [6, 6.07) is 0. The Kier molecular flexibility index (Phi) is 8.90. The van der Waals surface area contributed by atoms with E-state index in [9.17, 15) is 9.18 Å². The van der Waals surface area contributed by atoms with Crippen molar-refractivity contribution in [2.45, 2.75) is 40.3 Å². The summed E-state index contributed by atoms with van der Waals surface area (Å²) in [5.41, 5.74) is 5.85. The number of nitrogens with one attached hydrogen (secondary N) is 1. The van der Waals surface area contributed by atoms with Crippen molar-refractivity contribution in [3.8, 4) is 0 Å². The predicted molar refractivity (Wildman–Crippen MR) is 86.4 cm³/mol. The van der Waals surface area contributed by atoms with Crippen molar-refractivity contribution in [3.05, 3.63) is 36.1 Å². The smallest absolute Gasteiger partial charge is 0.229 e. The number of halogens is 1. The minimum atomic E-state index is -1.39. The summed E-state index contributed by atoms with van der Waals surface area (Å²) in [5.74, 6) is -0.754. The van der Waals surface area contributed by atoms with Crippen LogP contribution in [-0.2, 0) is 4.79 Å². The molecule has 122 valence electrons. The van der Waals surface area contributed by atoms with Crippen molar-refractivity contribution < 1.29 is 14.7 Å². The number of nitrogens with two attached hydrogens (primary N) is 1. The number of hydrogen-bond donors (Lipinski definition) is 2. The lowest BCUT2D eigenvalue weighted by Gasteiger charge is -2.20. The van der Waals surface area contributed by atoms with Gasteiger partial charge in [-0.1, -0.05) is 33.1 Å². The molecule has 0 unspecified atom stereocenters. The van der Waals surface area contributed by atoms with Crippen LogP contribution in [0.25, 0.3) is 0 Å². The summed E-state index contributed by atoms with van der Waals surface area (Å²) in [6.07, 6.45) is 1.70. The van der Waals surface area contributed by atoms with Gasteiger partial charge in [0.25, 0.3) is 0 Å². The maximum absolute atomic E-state index is 13.7. The zero-order valence-corrected chi connectivity index (χ0v) is 13.7. The maximum atomic E-state index is 13.7. The zero-order chi connectivity index (χ0) is 16.1. The molecule has 0 bridgehead atoms. The Morgan fingerprint density at radius 1 is 1.43 bits per heavy atom. The largest absolute Gasteiger partial charge is 0.412 e. The van der Waals surface area contributed by atoms with Crippen LogP contribution >= 0.6 is 0 Å². The van der Waals surface area contributed by atoms with Crippen LogP contribution in [0.5, 0.6) is 0 Å². The summed E-state index contributed by atoms with van der Waals surface area (Å²) in [6.45, 7) is 16.7. The van der Waals surface area contributed by atoms with Crippen LogP contribution in [0.4, 0.5) is 4.39 Å². The molecule has 1 aliphatic heterocycles. The van der Waals surface area contributed by atoms with Crippen molar-refractivity contribution in [1.29, 1.82) is 0 Å². The quantitative estimate of drug-likeness (QED) is 0.780. The van der Waals surface area contributed by atoms with E-state index in [1.807, 2.05) is 13.8 Å². The van der Waals surface area contributed by atoms with Crippen LogP contribution < -0.4 is 11.1 Å². The van der Waals surface area contributed by atoms with Crippen LogP contribution in [0.3, 0.4) is 0 Å². The van der Waals surface area contributed by atoms with Crippen molar-refractivity contribution in [1.82, 2.24) is 5.32 Å². The predicted octanol–water partition coefficient (Wildman–Crippen LogP) is 2.27. The Labute approximate surface area is 127 Å². The van der Waals surface area contributed by atoms with Crippen molar-refractivity contribution in [2.24, 2.45) is 17.6 Å². The van der Waals surface area contributed by atoms with E-state index in [0.717, 1.165) is 0 Å².